The number of fused-ring (bicyclic) bond motifs is 2. The number of hydrogen-bond donors (Lipinski definition) is 4. The van der Waals surface area contributed by atoms with Crippen LogP contribution in [-0.2, 0) is 34.3 Å². The summed E-state index contributed by atoms with van der Waals surface area (Å²) in [6, 6.07) is 19.4. The van der Waals surface area contributed by atoms with Crippen molar-refractivity contribution in [3.8, 4) is 47.5 Å². The number of aromatic nitrogens is 5. The molecule has 1 saturated heterocycles. The molecule has 6 atom stereocenters. The van der Waals surface area contributed by atoms with Crippen molar-refractivity contribution in [1.29, 1.82) is 0 Å². The van der Waals surface area contributed by atoms with Crippen molar-refractivity contribution >= 4 is 51.8 Å². The molecule has 1 aliphatic carbocycles. The number of hydrazine groups is 1. The summed E-state index contributed by atoms with van der Waals surface area (Å²) in [6.07, 6.45) is 18.4. The van der Waals surface area contributed by atoms with Gasteiger partial charge in [0.25, 0.3) is 0 Å². The van der Waals surface area contributed by atoms with Crippen LogP contribution in [0.4, 0.5) is 0 Å². The number of rotatable bonds is 16. The van der Waals surface area contributed by atoms with Gasteiger partial charge in [0, 0.05) is 104 Å². The topological polar surface area (TPSA) is 132 Å². The molecule has 1 aliphatic heterocycles. The van der Waals surface area contributed by atoms with Crippen LogP contribution in [0.5, 0.6) is 0 Å². The first kappa shape index (κ1) is 50.1. The molecule has 1 saturated carbocycles. The molecular weight excluding hydrogens is 865 g/mol. The van der Waals surface area contributed by atoms with Gasteiger partial charge < -0.3 is 29.0 Å². The fourth-order valence-corrected chi connectivity index (χ4v) is 10.2. The Kier molecular flexibility index (Phi) is 17.7. The Labute approximate surface area is 400 Å². The molecule has 1 aromatic carbocycles. The normalized spacial score (nSPS) is 17.4. The third-order valence-electron chi connectivity index (χ3n) is 12.5. The first-order chi connectivity index (χ1) is 31.9. The summed E-state index contributed by atoms with van der Waals surface area (Å²) < 4.78 is 16.6. The number of nitrogens with one attached hydrogen (secondary N) is 2. The van der Waals surface area contributed by atoms with E-state index in [2.05, 4.69) is 139 Å². The highest BCUT2D eigenvalue weighted by molar-refractivity contribution is 7.80. The van der Waals surface area contributed by atoms with Crippen LogP contribution in [0.1, 0.15) is 101 Å². The number of ether oxygens (including phenoxy) is 2. The quantitative estimate of drug-likeness (QED) is 0.0426. The Morgan fingerprint density at radius 3 is 2.50 bits per heavy atom. The summed E-state index contributed by atoms with van der Waals surface area (Å²) in [5, 5.41) is 15.9. The zero-order valence-electron chi connectivity index (χ0n) is 39.6. The second-order valence-corrected chi connectivity index (χ2v) is 18.6. The Hall–Kier alpha value is -5.35. The van der Waals surface area contributed by atoms with E-state index in [0.29, 0.717) is 24.8 Å². The molecular formula is C52H66N8O4S2. The van der Waals surface area contributed by atoms with Crippen LogP contribution in [0.15, 0.2) is 66.3 Å². The molecule has 0 radical (unpaired) electrons. The van der Waals surface area contributed by atoms with E-state index in [0.717, 1.165) is 77.2 Å². The number of pyridine rings is 2. The number of methoxy groups -OCH3 is 1. The average Bonchev–Trinajstić information content (AvgIpc) is 3.59. The number of carbonyl (C=O) groups excluding carboxylic acids is 1. The van der Waals surface area contributed by atoms with E-state index in [1.165, 1.54) is 57.2 Å². The molecule has 6 unspecified atom stereocenters. The minimum Gasteiger partial charge on any atom is -0.462 e. The number of carbonyl (C=O) groups is 1. The van der Waals surface area contributed by atoms with E-state index in [1.807, 2.05) is 26.1 Å². The van der Waals surface area contributed by atoms with Crippen molar-refractivity contribution in [1.82, 2.24) is 39.8 Å². The van der Waals surface area contributed by atoms with Gasteiger partial charge in [-0.25, -0.2) is 10.4 Å². The van der Waals surface area contributed by atoms with E-state index < -0.39 is 18.1 Å². The molecule has 12 nitrogen and oxygen atoms in total. The van der Waals surface area contributed by atoms with Crippen molar-refractivity contribution in [3.63, 3.8) is 0 Å². The third-order valence-corrected chi connectivity index (χ3v) is 13.8. The summed E-state index contributed by atoms with van der Waals surface area (Å²) in [4.78, 5) is 28.7. The Morgan fingerprint density at radius 2 is 1.86 bits per heavy atom. The standard InChI is InChI=1S/C38H50N6O3S2.C12H14N2.C2H2O/c1-8-39-30(22-48)33(38(45)44-19-12-11-18-41-44)36(47-10-3)37-42-31(23-49-37)26-15-16-32-28(21-26)29(20-24(4)5)35(43(32)9-2)27-14-13-17-40-34(27)25(6)46-7;1-8-7-9(8)10-3-4-12-11(13-10)5-6-14(12)2;1-2-3/h1,13-17,21,23-25,30,33,36,39,41,48H,9-12,18-20,22H2,2-7H3;3-6,8-9H,7H2,1-2H3;1,3H. The predicted molar refractivity (Wildman–Crippen MR) is 270 cm³/mol. The van der Waals surface area contributed by atoms with Gasteiger partial charge >= 0.3 is 0 Å². The van der Waals surface area contributed by atoms with E-state index in [4.69, 9.17) is 31.0 Å². The van der Waals surface area contributed by atoms with E-state index in [-0.39, 0.29) is 12.0 Å². The molecule has 0 spiro atoms. The lowest BCUT2D eigenvalue weighted by Gasteiger charge is -2.36. The first-order valence-electron chi connectivity index (χ1n) is 23.0. The number of hydrogen-bond acceptors (Lipinski definition) is 11. The molecule has 0 bridgehead atoms. The van der Waals surface area contributed by atoms with Gasteiger partial charge in [-0.1, -0.05) is 39.7 Å². The molecule has 2 fully saturated rings. The molecule has 1 amide bonds. The van der Waals surface area contributed by atoms with Crippen LogP contribution >= 0.6 is 24.0 Å². The first-order valence-corrected chi connectivity index (χ1v) is 24.5. The molecule has 2 aliphatic rings. The van der Waals surface area contributed by atoms with Crippen molar-refractivity contribution in [2.75, 3.05) is 32.6 Å². The van der Waals surface area contributed by atoms with E-state index >= 15 is 0 Å². The number of amides is 1. The van der Waals surface area contributed by atoms with Gasteiger partial charge in [-0.2, -0.15) is 12.6 Å². The molecule has 350 valence electrons. The van der Waals surface area contributed by atoms with Crippen molar-refractivity contribution < 1.29 is 19.4 Å². The van der Waals surface area contributed by atoms with Crippen molar-refractivity contribution in [3.05, 3.63) is 88.3 Å². The van der Waals surface area contributed by atoms with Gasteiger partial charge in [0.1, 0.15) is 17.2 Å². The van der Waals surface area contributed by atoms with Gasteiger partial charge in [-0.3, -0.25) is 19.8 Å². The number of thiazole rings is 1. The van der Waals surface area contributed by atoms with Gasteiger partial charge in [0.15, 0.2) is 0 Å². The summed E-state index contributed by atoms with van der Waals surface area (Å²) in [5.74, 6) is 1.68. The van der Waals surface area contributed by atoms with E-state index in [9.17, 15) is 4.79 Å². The monoisotopic (exact) mass is 930 g/mol. The molecule has 3 N–H and O–H groups in total. The van der Waals surface area contributed by atoms with Crippen LogP contribution < -0.4 is 10.7 Å². The number of terminal acetylenes is 2. The molecule has 8 rings (SSSR count). The third kappa shape index (κ3) is 11.2. The van der Waals surface area contributed by atoms with Crippen molar-refractivity contribution in [2.24, 2.45) is 24.8 Å². The predicted octanol–water partition coefficient (Wildman–Crippen LogP) is 9.70. The highest BCUT2D eigenvalue weighted by Crippen LogP contribution is 2.46. The van der Waals surface area contributed by atoms with Crippen LogP contribution in [-0.4, -0.2) is 78.7 Å². The lowest BCUT2D eigenvalue weighted by Crippen LogP contribution is -2.55. The minimum atomic E-state index is -0.623. The lowest BCUT2D eigenvalue weighted by atomic mass is 9.92. The molecule has 5 aromatic heterocycles. The maximum absolute atomic E-state index is 14.1. The smallest absolute Gasteiger partial charge is 0.244 e. The second kappa shape index (κ2) is 23.4. The largest absolute Gasteiger partial charge is 0.462 e. The van der Waals surface area contributed by atoms with Crippen LogP contribution in [0.2, 0.25) is 0 Å². The van der Waals surface area contributed by atoms with Gasteiger partial charge in [0.2, 0.25) is 5.91 Å². The van der Waals surface area contributed by atoms with Crippen LogP contribution in [0.3, 0.4) is 0 Å². The zero-order chi connectivity index (χ0) is 47.5. The van der Waals surface area contributed by atoms with E-state index in [1.54, 1.807) is 12.1 Å². The number of aliphatic hydroxyl groups is 1. The fraction of sp³-hybridized carbons (Fsp3) is 0.462. The minimum absolute atomic E-state index is 0.0672. The zero-order valence-corrected chi connectivity index (χ0v) is 41.3. The molecule has 66 heavy (non-hydrogen) atoms. The summed E-state index contributed by atoms with van der Waals surface area (Å²) >= 11 is 6.09. The van der Waals surface area contributed by atoms with Crippen LogP contribution in [0, 0.1) is 42.8 Å². The van der Waals surface area contributed by atoms with Gasteiger partial charge in [-0.15, -0.1) is 11.3 Å². The summed E-state index contributed by atoms with van der Waals surface area (Å²) in [6.45, 7) is 15.6. The molecule has 6 aromatic rings. The maximum atomic E-state index is 14.1. The number of nitrogens with zero attached hydrogens (tertiary/aromatic N) is 6. The molecule has 6 heterocycles. The number of benzene rings is 1. The number of aryl methyl sites for hydroxylation is 2. The highest BCUT2D eigenvalue weighted by atomic mass is 32.1. The number of thiol groups is 1. The Morgan fingerprint density at radius 1 is 1.11 bits per heavy atom. The van der Waals surface area contributed by atoms with Crippen LogP contribution in [0.25, 0.3) is 44.5 Å². The van der Waals surface area contributed by atoms with Gasteiger partial charge in [0.05, 0.1) is 46.2 Å². The number of aliphatic hydroxyl groups excluding tert-OH is 1. The maximum Gasteiger partial charge on any atom is 0.244 e. The second-order valence-electron chi connectivity index (χ2n) is 17.4. The van der Waals surface area contributed by atoms with Gasteiger partial charge in [-0.05, 0) is 106 Å². The summed E-state index contributed by atoms with van der Waals surface area (Å²) in [7, 11) is 3.79. The fourth-order valence-electron chi connectivity index (χ4n) is 8.98. The summed E-state index contributed by atoms with van der Waals surface area (Å²) in [5.41, 5.74) is 14.4. The highest BCUT2D eigenvalue weighted by Gasteiger charge is 2.41. The Balaban J connectivity index is 0.000000351. The van der Waals surface area contributed by atoms with Crippen molar-refractivity contribution in [2.45, 2.75) is 97.9 Å². The average molecular weight is 931 g/mol. The molecule has 14 heteroatoms. The Bertz CT molecular complexity index is 2630. The SMILES string of the molecule is C#CNC(CS)C(C(=O)N1CCCCN1)C(OCC)c1nc(-c2ccc3c(c2)c(CC(C)C)c(-c2cccnc2C(C)OC)n3CC)cs1.C#CO.CC1CC1c1ccc2c(ccn2C)n1. The lowest BCUT2D eigenvalue weighted by molar-refractivity contribution is -0.147.